The Morgan fingerprint density at radius 1 is 0.564 bits per heavy atom. The van der Waals surface area contributed by atoms with Crippen molar-refractivity contribution < 1.29 is 19.1 Å². The summed E-state index contributed by atoms with van der Waals surface area (Å²) >= 11 is 13.6. The Balaban J connectivity index is 1.59. The highest BCUT2D eigenvalue weighted by molar-refractivity contribution is 7.68. The Bertz CT molecular complexity index is 1860. The molecule has 4 nitrogen and oxygen atoms in total. The van der Waals surface area contributed by atoms with Gasteiger partial charge in [-0.3, -0.25) is 0 Å². The minimum Gasteiger partial charge on any atom is -0.423 e. The van der Waals surface area contributed by atoms with Crippen LogP contribution in [0.25, 0.3) is 26.3 Å². The molecule has 6 rings (SSSR count). The summed E-state index contributed by atoms with van der Waals surface area (Å²) in [6.45, 7) is 0. The normalized spacial score (nSPS) is 11.5. The summed E-state index contributed by atoms with van der Waals surface area (Å²) in [5, 5.41) is 4.79. The van der Waals surface area contributed by atoms with E-state index in [0.29, 0.717) is 38.0 Å². The lowest BCUT2D eigenvalue weighted by Crippen LogP contribution is -2.09. The average molecular weight is 569 g/mol. The largest absolute Gasteiger partial charge is 0.423 e. The van der Waals surface area contributed by atoms with Crippen molar-refractivity contribution in [3.05, 3.63) is 136 Å². The van der Waals surface area contributed by atoms with Crippen molar-refractivity contribution in [2.45, 2.75) is 0 Å². The number of esters is 2. The first-order valence-electron chi connectivity index (χ1n) is 12.1. The Morgan fingerprint density at radius 2 is 1.10 bits per heavy atom. The maximum absolute atomic E-state index is 13.5. The summed E-state index contributed by atoms with van der Waals surface area (Å²) in [6.07, 6.45) is 0. The van der Waals surface area contributed by atoms with Crippen molar-refractivity contribution >= 4 is 63.7 Å². The van der Waals surface area contributed by atoms with Gasteiger partial charge in [-0.1, -0.05) is 91.4 Å². The molecule has 0 aliphatic heterocycles. The number of hydrogen-bond donors (Lipinski definition) is 0. The van der Waals surface area contributed by atoms with Crippen LogP contribution >= 0.6 is 30.7 Å². The van der Waals surface area contributed by atoms with Crippen molar-refractivity contribution in [3.8, 4) is 16.8 Å². The summed E-state index contributed by atoms with van der Waals surface area (Å²) in [6, 6.07) is 34.1. The van der Waals surface area contributed by atoms with Crippen LogP contribution < -0.4 is 9.47 Å². The molecule has 6 aromatic rings. The Morgan fingerprint density at radius 3 is 1.77 bits per heavy atom. The summed E-state index contributed by atoms with van der Waals surface area (Å²) in [7, 11) is -1.41. The van der Waals surface area contributed by atoms with E-state index in [4.69, 9.17) is 32.7 Å². The third kappa shape index (κ3) is 4.68. The minimum atomic E-state index is -1.41. The number of carbonyl (C=O) groups excluding carboxylic acids is 2. The van der Waals surface area contributed by atoms with Crippen LogP contribution in [0.3, 0.4) is 0 Å². The summed E-state index contributed by atoms with van der Waals surface area (Å²) < 4.78 is 11.4. The van der Waals surface area contributed by atoms with Gasteiger partial charge >= 0.3 is 11.9 Å². The van der Waals surface area contributed by atoms with Gasteiger partial charge in [0.15, 0.2) is 0 Å². The second kappa shape index (κ2) is 10.6. The second-order valence-electron chi connectivity index (χ2n) is 8.71. The molecule has 0 N–H and O–H groups in total. The SMILES string of the molecule is O=C(Oc1ccccc1)c1cccc(Cl)c1-p1c2cccc(C(=O)Oc3ccccc3)c2c2cccc(Cl)c21. The van der Waals surface area contributed by atoms with Gasteiger partial charge in [-0.05, 0) is 60.0 Å². The summed E-state index contributed by atoms with van der Waals surface area (Å²) in [5.74, 6) is -0.132. The fourth-order valence-electron chi connectivity index (χ4n) is 4.69. The lowest BCUT2D eigenvalue weighted by Gasteiger charge is -2.13. The molecule has 1 atom stereocenters. The summed E-state index contributed by atoms with van der Waals surface area (Å²) in [4.78, 5) is 26.9. The Hall–Kier alpha value is -4.08. The molecule has 0 radical (unpaired) electrons. The number of para-hydroxylation sites is 2. The fraction of sp³-hybridized carbons (Fsp3) is 0. The van der Waals surface area contributed by atoms with Gasteiger partial charge in [0.2, 0.25) is 0 Å². The van der Waals surface area contributed by atoms with Crippen molar-refractivity contribution in [3.63, 3.8) is 0 Å². The molecular formula is C32H19Cl2O4P. The van der Waals surface area contributed by atoms with Crippen molar-refractivity contribution in [2.75, 3.05) is 0 Å². The molecule has 0 spiro atoms. The maximum Gasteiger partial charge on any atom is 0.344 e. The minimum absolute atomic E-state index is 0.341. The molecule has 39 heavy (non-hydrogen) atoms. The van der Waals surface area contributed by atoms with Crippen LogP contribution in [0.2, 0.25) is 10.0 Å². The number of hydrogen-bond acceptors (Lipinski definition) is 4. The van der Waals surface area contributed by atoms with E-state index >= 15 is 0 Å². The van der Waals surface area contributed by atoms with Gasteiger partial charge in [-0.15, -0.1) is 0 Å². The summed E-state index contributed by atoms with van der Waals surface area (Å²) in [5.41, 5.74) is 0.749. The van der Waals surface area contributed by atoms with E-state index in [2.05, 4.69) is 0 Å². The van der Waals surface area contributed by atoms with Crippen LogP contribution in [0.1, 0.15) is 20.7 Å². The Kier molecular flexibility index (Phi) is 6.85. The van der Waals surface area contributed by atoms with Gasteiger partial charge in [-0.25, -0.2) is 9.59 Å². The van der Waals surface area contributed by atoms with Crippen LogP contribution in [0.15, 0.2) is 115 Å². The first-order chi connectivity index (χ1) is 19.0. The monoisotopic (exact) mass is 568 g/mol. The zero-order valence-corrected chi connectivity index (χ0v) is 22.7. The predicted octanol–water partition coefficient (Wildman–Crippen LogP) is 9.71. The van der Waals surface area contributed by atoms with E-state index in [1.54, 1.807) is 72.8 Å². The number of fused-ring (bicyclic) bond motifs is 3. The first kappa shape index (κ1) is 25.2. The number of rotatable bonds is 5. The van der Waals surface area contributed by atoms with Crippen LogP contribution in [0, 0.1) is 0 Å². The first-order valence-corrected chi connectivity index (χ1v) is 14.2. The highest BCUT2D eigenvalue weighted by Crippen LogP contribution is 2.60. The van der Waals surface area contributed by atoms with E-state index in [1.807, 2.05) is 42.5 Å². The number of ether oxygens (including phenoxy) is 2. The zero-order chi connectivity index (χ0) is 26.9. The lowest BCUT2D eigenvalue weighted by molar-refractivity contribution is 0.0726. The molecule has 1 aromatic heterocycles. The standard InChI is InChI=1S/C32H19Cl2O4P/c33-25-17-7-14-22-28-23(31(35)37-20-10-3-1-4-11-20)15-9-19-27(28)39(29(22)25)30-24(16-8-18-26(30)34)32(36)38-21-12-5-2-6-13-21/h1-19H. The molecule has 0 fully saturated rings. The van der Waals surface area contributed by atoms with Crippen molar-refractivity contribution in [2.24, 2.45) is 0 Å². The van der Waals surface area contributed by atoms with Gasteiger partial charge in [0.1, 0.15) is 11.5 Å². The van der Waals surface area contributed by atoms with Crippen LogP contribution in [-0.2, 0) is 0 Å². The predicted molar refractivity (Wildman–Crippen MR) is 158 cm³/mol. The molecule has 0 saturated heterocycles. The van der Waals surface area contributed by atoms with Crippen LogP contribution in [-0.4, -0.2) is 11.9 Å². The van der Waals surface area contributed by atoms with E-state index in [0.717, 1.165) is 21.0 Å². The molecule has 1 unspecified atom stereocenters. The third-order valence-corrected chi connectivity index (χ3v) is 9.93. The highest BCUT2D eigenvalue weighted by atomic mass is 35.5. The average Bonchev–Trinajstić information content (AvgIpc) is 3.29. The molecule has 0 bridgehead atoms. The second-order valence-corrected chi connectivity index (χ2v) is 11.6. The van der Waals surface area contributed by atoms with Gasteiger partial charge in [-0.2, -0.15) is 0 Å². The number of halogens is 2. The topological polar surface area (TPSA) is 52.6 Å². The van der Waals surface area contributed by atoms with Gasteiger partial charge in [0.25, 0.3) is 0 Å². The molecule has 190 valence electrons. The fourth-order valence-corrected chi connectivity index (χ4v) is 8.36. The van der Waals surface area contributed by atoms with Crippen LogP contribution in [0.5, 0.6) is 11.5 Å². The molecular weight excluding hydrogens is 550 g/mol. The van der Waals surface area contributed by atoms with Crippen molar-refractivity contribution in [1.29, 1.82) is 0 Å². The molecule has 5 aromatic carbocycles. The van der Waals surface area contributed by atoms with E-state index in [9.17, 15) is 9.59 Å². The number of carbonyl (C=O) groups is 2. The molecule has 0 aliphatic rings. The highest BCUT2D eigenvalue weighted by Gasteiger charge is 2.26. The quantitative estimate of drug-likeness (QED) is 0.153. The number of benzene rings is 5. The third-order valence-electron chi connectivity index (χ3n) is 6.32. The van der Waals surface area contributed by atoms with E-state index in [1.165, 1.54) is 0 Å². The van der Waals surface area contributed by atoms with Crippen molar-refractivity contribution in [1.82, 2.24) is 0 Å². The molecule has 0 aliphatic carbocycles. The molecule has 7 heteroatoms. The van der Waals surface area contributed by atoms with Gasteiger partial charge < -0.3 is 9.47 Å². The van der Waals surface area contributed by atoms with Crippen LogP contribution in [0.4, 0.5) is 0 Å². The van der Waals surface area contributed by atoms with Gasteiger partial charge in [0, 0.05) is 20.9 Å². The van der Waals surface area contributed by atoms with E-state index < -0.39 is 19.5 Å². The molecule has 1 heterocycles. The van der Waals surface area contributed by atoms with Gasteiger partial charge in [0.05, 0.1) is 21.2 Å². The lowest BCUT2D eigenvalue weighted by atomic mass is 10.1. The zero-order valence-electron chi connectivity index (χ0n) is 20.3. The Labute approximate surface area is 235 Å². The van der Waals surface area contributed by atoms with E-state index in [-0.39, 0.29) is 0 Å². The maximum atomic E-state index is 13.5. The smallest absolute Gasteiger partial charge is 0.344 e. The molecule has 0 saturated carbocycles. The molecule has 0 amide bonds.